The van der Waals surface area contributed by atoms with Crippen molar-refractivity contribution in [3.8, 4) is 0 Å². The number of nitro benzene ring substituents is 1. The van der Waals surface area contributed by atoms with Gasteiger partial charge in [-0.25, -0.2) is 0 Å². The summed E-state index contributed by atoms with van der Waals surface area (Å²) < 4.78 is 0.742. The molecule has 0 atom stereocenters. The normalized spacial score (nSPS) is 10.8. The highest BCUT2D eigenvalue weighted by atomic mass is 32.2. The fraction of sp³-hybridized carbons (Fsp3) is 0.0556. The van der Waals surface area contributed by atoms with Crippen molar-refractivity contribution in [3.05, 3.63) is 81.9 Å². The molecule has 2 aromatic carbocycles. The van der Waals surface area contributed by atoms with E-state index >= 15 is 0 Å². The molecule has 27 heavy (non-hydrogen) atoms. The van der Waals surface area contributed by atoms with E-state index in [-0.39, 0.29) is 11.6 Å². The van der Waals surface area contributed by atoms with Crippen molar-refractivity contribution in [1.82, 2.24) is 10.2 Å². The molecule has 0 saturated heterocycles. The highest BCUT2D eigenvalue weighted by molar-refractivity contribution is 8.01. The van der Waals surface area contributed by atoms with Gasteiger partial charge in [0.1, 0.15) is 0 Å². The summed E-state index contributed by atoms with van der Waals surface area (Å²) in [5.41, 5.74) is 1.38. The molecule has 0 aliphatic carbocycles. The van der Waals surface area contributed by atoms with Gasteiger partial charge in [-0.15, -0.1) is 10.2 Å². The molecule has 0 radical (unpaired) electrons. The summed E-state index contributed by atoms with van der Waals surface area (Å²) in [5, 5.41) is 21.7. The summed E-state index contributed by atoms with van der Waals surface area (Å²) in [6, 6.07) is 15.4. The summed E-state index contributed by atoms with van der Waals surface area (Å²) in [4.78, 5) is 22.3. The summed E-state index contributed by atoms with van der Waals surface area (Å²) in [6.07, 6.45) is 4.07. The maximum absolute atomic E-state index is 12.2. The fourth-order valence-electron chi connectivity index (χ4n) is 2.09. The lowest BCUT2D eigenvalue weighted by atomic mass is 10.2. The lowest BCUT2D eigenvalue weighted by Gasteiger charge is -2.00. The molecule has 1 N–H and O–H groups in total. The van der Waals surface area contributed by atoms with Gasteiger partial charge in [0.15, 0.2) is 4.34 Å². The molecule has 136 valence electrons. The third kappa shape index (κ3) is 5.47. The summed E-state index contributed by atoms with van der Waals surface area (Å²) in [5.74, 6) is 0.349. The van der Waals surface area contributed by atoms with Crippen molar-refractivity contribution in [2.24, 2.45) is 0 Å². The number of rotatable bonds is 7. The lowest BCUT2D eigenvalue weighted by molar-refractivity contribution is -0.384. The van der Waals surface area contributed by atoms with Crippen LogP contribution in [0.25, 0.3) is 6.08 Å². The molecule has 0 spiro atoms. The highest BCUT2D eigenvalue weighted by Crippen LogP contribution is 2.26. The Balaban J connectivity index is 1.52. The standard InChI is InChI=1S/C18H14N4O3S2/c23-16(14-8-10-15(11-9-14)22(24)25)19-17-20-21-18(27-17)26-12-4-7-13-5-2-1-3-6-13/h1-11H,12H2,(H,19,20,23). The van der Waals surface area contributed by atoms with E-state index in [0.29, 0.717) is 10.7 Å². The Morgan fingerprint density at radius 2 is 1.89 bits per heavy atom. The van der Waals surface area contributed by atoms with Crippen LogP contribution in [0.15, 0.2) is 65.0 Å². The van der Waals surface area contributed by atoms with E-state index < -0.39 is 4.92 Å². The number of carbonyl (C=O) groups is 1. The van der Waals surface area contributed by atoms with Crippen molar-refractivity contribution >= 4 is 45.9 Å². The van der Waals surface area contributed by atoms with Crippen LogP contribution in [0.2, 0.25) is 0 Å². The second-order valence-corrected chi connectivity index (χ2v) is 7.50. The minimum absolute atomic E-state index is 0.0651. The Kier molecular flexibility index (Phi) is 6.29. The number of thioether (sulfide) groups is 1. The average molecular weight is 398 g/mol. The molecule has 1 heterocycles. The monoisotopic (exact) mass is 398 g/mol. The number of amides is 1. The molecular weight excluding hydrogens is 384 g/mol. The maximum atomic E-state index is 12.2. The second-order valence-electron chi connectivity index (χ2n) is 5.26. The zero-order chi connectivity index (χ0) is 19.1. The molecule has 0 aliphatic heterocycles. The number of nitrogens with zero attached hydrogens (tertiary/aromatic N) is 3. The van der Waals surface area contributed by atoms with Gasteiger partial charge in [0.25, 0.3) is 11.6 Å². The van der Waals surface area contributed by atoms with Crippen molar-refractivity contribution in [1.29, 1.82) is 0 Å². The number of hydrogen-bond donors (Lipinski definition) is 1. The third-order valence-corrected chi connectivity index (χ3v) is 5.30. The summed E-state index contributed by atoms with van der Waals surface area (Å²) >= 11 is 2.80. The van der Waals surface area contributed by atoms with E-state index in [4.69, 9.17) is 0 Å². The molecule has 0 fully saturated rings. The fourth-order valence-corrected chi connectivity index (χ4v) is 3.67. The van der Waals surface area contributed by atoms with Crippen LogP contribution in [-0.4, -0.2) is 26.8 Å². The summed E-state index contributed by atoms with van der Waals surface area (Å²) in [6.45, 7) is 0. The van der Waals surface area contributed by atoms with E-state index in [1.807, 2.05) is 42.5 Å². The molecular formula is C18H14N4O3S2. The maximum Gasteiger partial charge on any atom is 0.269 e. The molecule has 1 aromatic heterocycles. The molecule has 7 nitrogen and oxygen atoms in total. The van der Waals surface area contributed by atoms with Crippen LogP contribution < -0.4 is 5.32 Å². The first-order valence-electron chi connectivity index (χ1n) is 7.85. The zero-order valence-corrected chi connectivity index (χ0v) is 15.6. The number of aromatic nitrogens is 2. The smallest absolute Gasteiger partial charge is 0.269 e. The minimum Gasteiger partial charge on any atom is -0.296 e. The van der Waals surface area contributed by atoms with Gasteiger partial charge >= 0.3 is 0 Å². The predicted molar refractivity (Wildman–Crippen MR) is 107 cm³/mol. The Bertz CT molecular complexity index is 956. The number of nitrogens with one attached hydrogen (secondary N) is 1. The SMILES string of the molecule is O=C(Nc1nnc(SCC=Cc2ccccc2)s1)c1ccc([N+](=O)[O-])cc1. The number of benzene rings is 2. The first kappa shape index (κ1) is 18.7. The molecule has 0 saturated carbocycles. The van der Waals surface area contributed by atoms with Gasteiger partial charge in [-0.3, -0.25) is 20.2 Å². The molecule has 3 aromatic rings. The first-order valence-corrected chi connectivity index (χ1v) is 9.66. The quantitative estimate of drug-likeness (QED) is 0.272. The van der Waals surface area contributed by atoms with Crippen molar-refractivity contribution in [3.63, 3.8) is 0 Å². The van der Waals surface area contributed by atoms with Gasteiger partial charge in [-0.2, -0.15) is 0 Å². The highest BCUT2D eigenvalue weighted by Gasteiger charge is 2.12. The largest absolute Gasteiger partial charge is 0.296 e. The second kappa shape index (κ2) is 9.06. The molecule has 0 unspecified atom stereocenters. The number of carbonyl (C=O) groups excluding carboxylic acids is 1. The van der Waals surface area contributed by atoms with Gasteiger partial charge in [0.05, 0.1) is 4.92 Å². The first-order chi connectivity index (χ1) is 13.1. The average Bonchev–Trinajstić information content (AvgIpc) is 3.13. The minimum atomic E-state index is -0.512. The van der Waals surface area contributed by atoms with Crippen LogP contribution in [0.5, 0.6) is 0 Å². The van der Waals surface area contributed by atoms with E-state index in [1.54, 1.807) is 0 Å². The van der Waals surface area contributed by atoms with E-state index in [9.17, 15) is 14.9 Å². The number of nitro groups is 1. The Morgan fingerprint density at radius 3 is 2.59 bits per heavy atom. The Morgan fingerprint density at radius 1 is 1.15 bits per heavy atom. The van der Waals surface area contributed by atoms with Gasteiger partial charge in [0.2, 0.25) is 5.13 Å². The molecule has 1 amide bonds. The molecule has 0 aliphatic rings. The van der Waals surface area contributed by atoms with Crippen molar-refractivity contribution < 1.29 is 9.72 Å². The van der Waals surface area contributed by atoms with Crippen LogP contribution in [0.4, 0.5) is 10.8 Å². The van der Waals surface area contributed by atoms with Gasteiger partial charge in [0, 0.05) is 23.4 Å². The Hall–Kier alpha value is -3.04. The Labute approximate surface area is 163 Å². The summed E-state index contributed by atoms with van der Waals surface area (Å²) in [7, 11) is 0. The van der Waals surface area contributed by atoms with E-state index in [2.05, 4.69) is 15.5 Å². The van der Waals surface area contributed by atoms with E-state index in [1.165, 1.54) is 47.4 Å². The molecule has 9 heteroatoms. The van der Waals surface area contributed by atoms with Gasteiger partial charge in [-0.1, -0.05) is 65.6 Å². The zero-order valence-electron chi connectivity index (χ0n) is 13.9. The van der Waals surface area contributed by atoms with Crippen molar-refractivity contribution in [2.75, 3.05) is 11.1 Å². The molecule has 3 rings (SSSR count). The van der Waals surface area contributed by atoms with Gasteiger partial charge < -0.3 is 0 Å². The topological polar surface area (TPSA) is 98.0 Å². The molecule has 0 bridgehead atoms. The number of hydrogen-bond acceptors (Lipinski definition) is 7. The number of non-ortho nitro benzene ring substituents is 1. The lowest BCUT2D eigenvalue weighted by Crippen LogP contribution is -2.11. The van der Waals surface area contributed by atoms with Crippen LogP contribution in [0, 0.1) is 10.1 Å². The predicted octanol–water partition coefficient (Wildman–Crippen LogP) is 4.50. The third-order valence-electron chi connectivity index (χ3n) is 3.38. The van der Waals surface area contributed by atoms with Crippen LogP contribution in [-0.2, 0) is 0 Å². The van der Waals surface area contributed by atoms with Crippen LogP contribution in [0.3, 0.4) is 0 Å². The van der Waals surface area contributed by atoms with E-state index in [0.717, 1.165) is 15.7 Å². The van der Waals surface area contributed by atoms with Crippen molar-refractivity contribution in [2.45, 2.75) is 4.34 Å². The number of anilines is 1. The van der Waals surface area contributed by atoms with Gasteiger partial charge in [-0.05, 0) is 17.7 Å². The van der Waals surface area contributed by atoms with Crippen LogP contribution in [0.1, 0.15) is 15.9 Å². The van der Waals surface area contributed by atoms with Crippen LogP contribution >= 0.6 is 23.1 Å².